The van der Waals surface area contributed by atoms with Gasteiger partial charge in [0, 0.05) is 17.0 Å². The maximum Gasteiger partial charge on any atom is 0.135 e. The molecule has 0 aliphatic carbocycles. The third-order valence-corrected chi connectivity index (χ3v) is 6.01. The van der Waals surface area contributed by atoms with E-state index in [2.05, 4.69) is 36.2 Å². The van der Waals surface area contributed by atoms with Crippen LogP contribution in [-0.4, -0.2) is 33.4 Å². The number of thiazole rings is 1. The Bertz CT molecular complexity index is 995. The fourth-order valence-electron chi connectivity index (χ4n) is 3.51. The van der Waals surface area contributed by atoms with Gasteiger partial charge in [0.1, 0.15) is 16.6 Å². The minimum absolute atomic E-state index is 0.168. The molecule has 1 aliphatic heterocycles. The highest BCUT2D eigenvalue weighted by Gasteiger charge is 2.32. The van der Waals surface area contributed by atoms with E-state index in [-0.39, 0.29) is 11.8 Å². The highest BCUT2D eigenvalue weighted by atomic mass is 32.1. The van der Waals surface area contributed by atoms with E-state index in [1.165, 1.54) is 16.9 Å². The lowest BCUT2D eigenvalue weighted by molar-refractivity contribution is 0.296. The normalized spacial score (nSPS) is 15.3. The molecule has 0 saturated heterocycles. The van der Waals surface area contributed by atoms with Crippen LogP contribution in [0.2, 0.25) is 0 Å². The third-order valence-electron chi connectivity index (χ3n) is 5.15. The van der Waals surface area contributed by atoms with E-state index in [1.54, 1.807) is 0 Å². The van der Waals surface area contributed by atoms with Gasteiger partial charge < -0.3 is 10.0 Å². The second kappa shape index (κ2) is 7.98. The highest BCUT2D eigenvalue weighted by molar-refractivity contribution is 7.11. The molecule has 1 unspecified atom stereocenters. The zero-order valence-corrected chi connectivity index (χ0v) is 16.6. The van der Waals surface area contributed by atoms with Crippen LogP contribution in [0.3, 0.4) is 0 Å². The molecule has 2 N–H and O–H groups in total. The lowest BCUT2D eigenvalue weighted by Crippen LogP contribution is -2.35. The van der Waals surface area contributed by atoms with Crippen LogP contribution in [0.5, 0.6) is 0 Å². The maximum atomic E-state index is 10.6. The first-order chi connectivity index (χ1) is 13.6. The molecule has 4 rings (SSSR count). The van der Waals surface area contributed by atoms with E-state index >= 15 is 0 Å². The average Bonchev–Trinajstić information content (AvgIpc) is 3.32. The molecular formula is C23H23N3OS. The van der Waals surface area contributed by atoms with Crippen LogP contribution < -0.4 is 0 Å². The molecule has 2 heterocycles. The number of rotatable bonds is 6. The summed E-state index contributed by atoms with van der Waals surface area (Å²) >= 11 is 1.48. The van der Waals surface area contributed by atoms with Crippen molar-refractivity contribution in [2.75, 3.05) is 6.54 Å². The molecule has 1 aromatic heterocycles. The van der Waals surface area contributed by atoms with Crippen molar-refractivity contribution >= 4 is 22.7 Å². The van der Waals surface area contributed by atoms with E-state index in [1.807, 2.05) is 46.7 Å². The van der Waals surface area contributed by atoms with Gasteiger partial charge in [0.15, 0.2) is 0 Å². The SMILES string of the molecule is CC(CCc1ccccc1)N1CC(O)=C(c2nc(-c3ccccc3)cs2)C1=N. The number of hydrogen-bond donors (Lipinski definition) is 2. The van der Waals surface area contributed by atoms with Crippen molar-refractivity contribution in [3.05, 3.63) is 82.4 Å². The van der Waals surface area contributed by atoms with Gasteiger partial charge in [0.25, 0.3) is 0 Å². The number of aliphatic hydroxyl groups is 1. The largest absolute Gasteiger partial charge is 0.510 e. The van der Waals surface area contributed by atoms with Crippen LogP contribution in [0.4, 0.5) is 0 Å². The van der Waals surface area contributed by atoms with Crippen molar-refractivity contribution in [3.63, 3.8) is 0 Å². The Morgan fingerprint density at radius 2 is 1.79 bits per heavy atom. The van der Waals surface area contributed by atoms with Crippen LogP contribution in [-0.2, 0) is 6.42 Å². The van der Waals surface area contributed by atoms with E-state index < -0.39 is 0 Å². The number of amidine groups is 1. The van der Waals surface area contributed by atoms with Crippen LogP contribution in [0, 0.1) is 5.41 Å². The number of aromatic nitrogens is 1. The molecular weight excluding hydrogens is 366 g/mol. The molecule has 0 bridgehead atoms. The molecule has 0 amide bonds. The summed E-state index contributed by atoms with van der Waals surface area (Å²) in [6.45, 7) is 2.50. The average molecular weight is 390 g/mol. The molecule has 0 spiro atoms. The van der Waals surface area contributed by atoms with Crippen molar-refractivity contribution in [3.8, 4) is 11.3 Å². The number of aryl methyl sites for hydroxylation is 1. The summed E-state index contributed by atoms with van der Waals surface area (Å²) in [5, 5.41) is 21.9. The van der Waals surface area contributed by atoms with Crippen LogP contribution in [0.1, 0.15) is 23.9 Å². The summed E-state index contributed by atoms with van der Waals surface area (Å²) in [6.07, 6.45) is 1.89. The van der Waals surface area contributed by atoms with E-state index in [4.69, 9.17) is 5.41 Å². The summed E-state index contributed by atoms with van der Waals surface area (Å²) < 4.78 is 0. The Labute approximate surface area is 169 Å². The first kappa shape index (κ1) is 18.4. The lowest BCUT2D eigenvalue weighted by atomic mass is 10.1. The zero-order valence-electron chi connectivity index (χ0n) is 15.8. The molecule has 0 fully saturated rings. The monoisotopic (exact) mass is 389 g/mol. The molecule has 1 aliphatic rings. The maximum absolute atomic E-state index is 10.6. The van der Waals surface area contributed by atoms with E-state index in [0.29, 0.717) is 23.0 Å². The molecule has 142 valence electrons. The van der Waals surface area contributed by atoms with Gasteiger partial charge in [-0.15, -0.1) is 11.3 Å². The van der Waals surface area contributed by atoms with Gasteiger partial charge in [0.2, 0.25) is 0 Å². The van der Waals surface area contributed by atoms with Crippen molar-refractivity contribution < 1.29 is 5.11 Å². The summed E-state index contributed by atoms with van der Waals surface area (Å²) in [5.74, 6) is 0.609. The van der Waals surface area contributed by atoms with Gasteiger partial charge in [-0.2, -0.15) is 0 Å². The van der Waals surface area contributed by atoms with Gasteiger partial charge in [-0.25, -0.2) is 4.98 Å². The fourth-order valence-corrected chi connectivity index (χ4v) is 4.40. The number of hydrogen-bond acceptors (Lipinski definition) is 4. The first-order valence-corrected chi connectivity index (χ1v) is 10.3. The van der Waals surface area contributed by atoms with Crippen molar-refractivity contribution in [1.29, 1.82) is 5.41 Å². The Hall–Kier alpha value is -2.92. The van der Waals surface area contributed by atoms with Crippen LogP contribution >= 0.6 is 11.3 Å². The number of aliphatic hydroxyl groups excluding tert-OH is 1. The van der Waals surface area contributed by atoms with Crippen molar-refractivity contribution in [2.45, 2.75) is 25.8 Å². The number of nitrogens with one attached hydrogen (secondary N) is 1. The second-order valence-corrected chi connectivity index (χ2v) is 7.93. The van der Waals surface area contributed by atoms with Crippen LogP contribution in [0.15, 0.2) is 71.8 Å². The molecule has 28 heavy (non-hydrogen) atoms. The molecule has 0 saturated carbocycles. The van der Waals surface area contributed by atoms with Crippen LogP contribution in [0.25, 0.3) is 16.8 Å². The number of benzene rings is 2. The lowest BCUT2D eigenvalue weighted by Gasteiger charge is -2.26. The zero-order chi connectivity index (χ0) is 19.5. The Kier molecular flexibility index (Phi) is 5.26. The molecule has 3 aromatic rings. The minimum Gasteiger partial charge on any atom is -0.510 e. The molecule has 5 heteroatoms. The van der Waals surface area contributed by atoms with Gasteiger partial charge in [-0.3, -0.25) is 5.41 Å². The van der Waals surface area contributed by atoms with Gasteiger partial charge in [-0.1, -0.05) is 60.7 Å². The Balaban J connectivity index is 1.47. The topological polar surface area (TPSA) is 60.2 Å². The Morgan fingerprint density at radius 3 is 2.50 bits per heavy atom. The number of nitrogens with zero attached hydrogens (tertiary/aromatic N) is 2. The third kappa shape index (κ3) is 3.71. The smallest absolute Gasteiger partial charge is 0.135 e. The van der Waals surface area contributed by atoms with Gasteiger partial charge >= 0.3 is 0 Å². The molecule has 4 nitrogen and oxygen atoms in total. The fraction of sp³-hybridized carbons (Fsp3) is 0.217. The standard InChI is InChI=1S/C23H23N3OS/c1-16(12-13-17-8-4-2-5-9-17)26-14-20(27)21(22(26)24)23-25-19(15-28-23)18-10-6-3-7-11-18/h2-11,15-16,24,27H,12-14H2,1H3. The highest BCUT2D eigenvalue weighted by Crippen LogP contribution is 2.33. The summed E-state index contributed by atoms with van der Waals surface area (Å²) in [6, 6.07) is 20.5. The summed E-state index contributed by atoms with van der Waals surface area (Å²) in [5.41, 5.74) is 3.79. The second-order valence-electron chi connectivity index (χ2n) is 7.08. The van der Waals surface area contributed by atoms with Gasteiger partial charge in [0.05, 0.1) is 17.8 Å². The molecule has 0 radical (unpaired) electrons. The summed E-state index contributed by atoms with van der Waals surface area (Å²) in [7, 11) is 0. The van der Waals surface area contributed by atoms with Crippen molar-refractivity contribution in [2.24, 2.45) is 0 Å². The van der Waals surface area contributed by atoms with E-state index in [0.717, 1.165) is 24.1 Å². The molecule has 2 aromatic carbocycles. The predicted octanol–water partition coefficient (Wildman–Crippen LogP) is 5.39. The quantitative estimate of drug-likeness (QED) is 0.594. The first-order valence-electron chi connectivity index (χ1n) is 9.46. The van der Waals surface area contributed by atoms with Gasteiger partial charge in [-0.05, 0) is 25.3 Å². The minimum atomic E-state index is 0.168. The van der Waals surface area contributed by atoms with Crippen molar-refractivity contribution in [1.82, 2.24) is 9.88 Å². The van der Waals surface area contributed by atoms with E-state index in [9.17, 15) is 5.11 Å². The molecule has 1 atom stereocenters. The Morgan fingerprint density at radius 1 is 1.11 bits per heavy atom. The predicted molar refractivity (Wildman–Crippen MR) is 116 cm³/mol. The summed E-state index contributed by atoms with van der Waals surface area (Å²) in [4.78, 5) is 6.65.